The van der Waals surface area contributed by atoms with E-state index in [1.807, 2.05) is 50.2 Å². The van der Waals surface area contributed by atoms with E-state index in [1.54, 1.807) is 16.1 Å². The summed E-state index contributed by atoms with van der Waals surface area (Å²) in [5.74, 6) is 0.966. The average Bonchev–Trinajstić information content (AvgIpc) is 2.82. The summed E-state index contributed by atoms with van der Waals surface area (Å²) in [5, 5.41) is 16.2. The lowest BCUT2D eigenvalue weighted by Crippen LogP contribution is -2.28. The van der Waals surface area contributed by atoms with Crippen LogP contribution in [-0.2, 0) is 18.4 Å². The van der Waals surface area contributed by atoms with Gasteiger partial charge in [-0.05, 0) is 12.5 Å². The van der Waals surface area contributed by atoms with E-state index in [4.69, 9.17) is 4.74 Å². The molecule has 0 saturated carbocycles. The topological polar surface area (TPSA) is 79.5 Å². The molecule has 0 atom stereocenters. The number of rotatable bonds is 3. The molecule has 0 aliphatic heterocycles. The Kier molecular flexibility index (Phi) is 3.92. The van der Waals surface area contributed by atoms with Gasteiger partial charge in [0.15, 0.2) is 5.82 Å². The highest BCUT2D eigenvalue weighted by molar-refractivity contribution is 5.64. The highest BCUT2D eigenvalue weighted by Crippen LogP contribution is 2.08. The van der Waals surface area contributed by atoms with Crippen molar-refractivity contribution < 1.29 is 14.2 Å². The maximum absolute atomic E-state index is 11.9. The minimum atomic E-state index is -0.679. The molecule has 0 aliphatic rings. The number of aliphatic imine (C=N–C) groups is 1. The van der Waals surface area contributed by atoms with E-state index in [0.717, 1.165) is 16.9 Å². The number of hydrogen-bond acceptors (Lipinski definition) is 5. The molecule has 0 unspecified atom stereocenters. The maximum Gasteiger partial charge on any atom is 0.390 e. The van der Waals surface area contributed by atoms with Gasteiger partial charge in [0.2, 0.25) is 11.7 Å². The highest BCUT2D eigenvalue weighted by Gasteiger charge is 2.18. The lowest BCUT2D eigenvalue weighted by molar-refractivity contribution is -0.510. The molecule has 0 N–H and O–H groups in total. The number of benzene rings is 1. The first-order valence-electron chi connectivity index (χ1n) is 7.20. The van der Waals surface area contributed by atoms with Gasteiger partial charge in [-0.2, -0.15) is 14.1 Å². The van der Waals surface area contributed by atoms with Crippen molar-refractivity contribution in [3.8, 4) is 0 Å². The summed E-state index contributed by atoms with van der Waals surface area (Å²) in [6.07, 6.45) is -0.679. The van der Waals surface area contributed by atoms with Gasteiger partial charge in [0.1, 0.15) is 0 Å². The number of fused-ring (bicyclic) bond motifs is 1. The van der Waals surface area contributed by atoms with E-state index in [2.05, 4.69) is 15.1 Å². The molecule has 7 heteroatoms. The van der Waals surface area contributed by atoms with Gasteiger partial charge < -0.3 is 9.84 Å². The molecule has 3 aromatic rings. The number of aromatic nitrogens is 4. The quantitative estimate of drug-likeness (QED) is 0.406. The predicted octanol–water partition coefficient (Wildman–Crippen LogP) is 0.735. The highest BCUT2D eigenvalue weighted by atomic mass is 16.6. The second-order valence-electron chi connectivity index (χ2n) is 5.21. The normalized spacial score (nSPS) is 11.9. The molecule has 0 bridgehead atoms. The Balaban J connectivity index is 1.88. The summed E-state index contributed by atoms with van der Waals surface area (Å²) in [4.78, 5) is 8.32. The molecule has 0 radical (unpaired) electrons. The lowest BCUT2D eigenvalue weighted by atomic mass is 10.2. The second kappa shape index (κ2) is 6.04. The van der Waals surface area contributed by atoms with E-state index in [1.165, 1.54) is 0 Å². The van der Waals surface area contributed by atoms with E-state index in [-0.39, 0.29) is 12.6 Å². The van der Waals surface area contributed by atoms with Crippen LogP contribution in [-0.4, -0.2) is 20.8 Å². The van der Waals surface area contributed by atoms with Crippen LogP contribution in [0.1, 0.15) is 17.1 Å². The zero-order valence-corrected chi connectivity index (χ0v) is 13.2. The first-order chi connectivity index (χ1) is 11.0. The minimum absolute atomic E-state index is 0.176. The van der Waals surface area contributed by atoms with Gasteiger partial charge in [-0.1, -0.05) is 30.3 Å². The third-order valence-corrected chi connectivity index (χ3v) is 3.40. The van der Waals surface area contributed by atoms with Gasteiger partial charge >= 0.3 is 5.95 Å². The van der Waals surface area contributed by atoms with Crippen molar-refractivity contribution in [1.29, 1.82) is 0 Å². The molecular formula is C16H17N5O2. The molecule has 23 heavy (non-hydrogen) atoms. The summed E-state index contributed by atoms with van der Waals surface area (Å²) < 4.78 is 8.54. The van der Waals surface area contributed by atoms with Crippen molar-refractivity contribution in [1.82, 2.24) is 14.8 Å². The zero-order valence-electron chi connectivity index (χ0n) is 13.2. The largest absolute Gasteiger partial charge is 0.588 e. The maximum atomic E-state index is 11.9. The Bertz CT molecular complexity index is 871. The third-order valence-electron chi connectivity index (χ3n) is 3.40. The molecule has 3 rings (SSSR count). The molecule has 0 saturated heterocycles. The zero-order chi connectivity index (χ0) is 16.4. The SMILES string of the molecule is Cc1cc2n(C)nc(/N=C(/[O-])OCc3ccccc3)[n+]2c(C)n1. The van der Waals surface area contributed by atoms with Gasteiger partial charge in [0.25, 0.3) is 0 Å². The molecule has 0 fully saturated rings. The molecule has 0 spiro atoms. The number of nitrogens with zero attached hydrogens (tertiary/aromatic N) is 5. The molecule has 0 amide bonds. The van der Waals surface area contributed by atoms with Crippen LogP contribution in [0.2, 0.25) is 0 Å². The Morgan fingerprint density at radius 2 is 2.04 bits per heavy atom. The molecule has 2 aromatic heterocycles. The van der Waals surface area contributed by atoms with Crippen molar-refractivity contribution in [2.45, 2.75) is 20.5 Å². The molecule has 2 heterocycles. The first-order valence-corrected chi connectivity index (χ1v) is 7.20. The van der Waals surface area contributed by atoms with Gasteiger partial charge in [-0.25, -0.2) is 0 Å². The Morgan fingerprint density at radius 3 is 2.78 bits per heavy atom. The van der Waals surface area contributed by atoms with Crippen LogP contribution in [0.3, 0.4) is 0 Å². The molecular weight excluding hydrogens is 294 g/mol. The number of aryl methyl sites for hydroxylation is 3. The average molecular weight is 311 g/mol. The van der Waals surface area contributed by atoms with Gasteiger partial charge in [0, 0.05) is 24.7 Å². The summed E-state index contributed by atoms with van der Waals surface area (Å²) >= 11 is 0. The van der Waals surface area contributed by atoms with Crippen molar-refractivity contribution in [3.05, 3.63) is 53.5 Å². The van der Waals surface area contributed by atoms with E-state index < -0.39 is 6.08 Å². The van der Waals surface area contributed by atoms with Crippen molar-refractivity contribution in [2.75, 3.05) is 0 Å². The van der Waals surface area contributed by atoms with Crippen molar-refractivity contribution in [2.24, 2.45) is 12.0 Å². The second-order valence-corrected chi connectivity index (χ2v) is 5.21. The van der Waals surface area contributed by atoms with Crippen LogP contribution >= 0.6 is 0 Å². The van der Waals surface area contributed by atoms with Crippen molar-refractivity contribution >= 4 is 17.7 Å². The van der Waals surface area contributed by atoms with E-state index in [0.29, 0.717) is 5.82 Å². The van der Waals surface area contributed by atoms with Crippen LogP contribution in [0.25, 0.3) is 5.65 Å². The molecule has 7 nitrogen and oxygen atoms in total. The molecule has 118 valence electrons. The van der Waals surface area contributed by atoms with Gasteiger partial charge in [0.05, 0.1) is 12.7 Å². The lowest BCUT2D eigenvalue weighted by Gasteiger charge is -2.11. The standard InChI is InChI=1S/C16H17N5O2/c1-11-9-14-20(3)19-15(21(14)12(2)17-11)18-16(22)23-10-13-7-5-4-6-8-13/h4-9H,10H2,1-3H3. The minimum Gasteiger partial charge on any atom is -0.588 e. The third kappa shape index (κ3) is 3.13. The first kappa shape index (κ1) is 15.0. The Hall–Kier alpha value is -2.96. The molecule has 0 aliphatic carbocycles. The van der Waals surface area contributed by atoms with Crippen LogP contribution in [0.15, 0.2) is 41.4 Å². The Labute approximate surface area is 133 Å². The summed E-state index contributed by atoms with van der Waals surface area (Å²) in [5.41, 5.74) is 2.59. The fraction of sp³-hybridized carbons (Fsp3) is 0.250. The fourth-order valence-electron chi connectivity index (χ4n) is 2.38. The molecule has 1 aromatic carbocycles. The number of hydrogen-bond donors (Lipinski definition) is 0. The van der Waals surface area contributed by atoms with E-state index in [9.17, 15) is 5.11 Å². The fourth-order valence-corrected chi connectivity index (χ4v) is 2.38. The number of ether oxygens (including phenoxy) is 1. The Morgan fingerprint density at radius 1 is 1.30 bits per heavy atom. The van der Waals surface area contributed by atoms with Crippen molar-refractivity contribution in [3.63, 3.8) is 0 Å². The van der Waals surface area contributed by atoms with Crippen LogP contribution in [0.4, 0.5) is 5.95 Å². The monoisotopic (exact) mass is 311 g/mol. The summed E-state index contributed by atoms with van der Waals surface area (Å²) in [6, 6.07) is 11.3. The van der Waals surface area contributed by atoms with Gasteiger partial charge in [-0.15, -0.1) is 4.99 Å². The van der Waals surface area contributed by atoms with E-state index >= 15 is 0 Å². The summed E-state index contributed by atoms with van der Waals surface area (Å²) in [7, 11) is 1.79. The van der Waals surface area contributed by atoms with Crippen LogP contribution in [0.5, 0.6) is 0 Å². The summed E-state index contributed by atoms with van der Waals surface area (Å²) in [6.45, 7) is 3.93. The predicted molar refractivity (Wildman–Crippen MR) is 82.0 cm³/mol. The van der Waals surface area contributed by atoms with Crippen LogP contribution in [0, 0.1) is 13.8 Å². The smallest absolute Gasteiger partial charge is 0.390 e. The van der Waals surface area contributed by atoms with Crippen LogP contribution < -0.4 is 9.51 Å². The van der Waals surface area contributed by atoms with Gasteiger partial charge in [-0.3, -0.25) is 0 Å².